The number of benzene rings is 1. The van der Waals surface area contributed by atoms with Gasteiger partial charge in [0.05, 0.1) is 50.2 Å². The molecule has 0 spiro atoms. The summed E-state index contributed by atoms with van der Waals surface area (Å²) in [6.07, 6.45) is 5.82. The number of rotatable bonds is 10. The summed E-state index contributed by atoms with van der Waals surface area (Å²) in [6.45, 7) is 0.713. The Hall–Kier alpha value is -4.00. The highest BCUT2D eigenvalue weighted by Gasteiger charge is 2.28. The molecule has 0 radical (unpaired) electrons. The highest BCUT2D eigenvalue weighted by atomic mass is 19.1. The van der Waals surface area contributed by atoms with E-state index in [0.29, 0.717) is 25.3 Å². The standard InChI is InChI=1S/C22H24F2N6O5/c1-33-17-5-18(34-2)21(24)16(20(17)23)12-35-15-7-25-22(26-8-15)28-13-6-27-30(9-13)4-3-19(32)29-10-14(31)11-29/h5-9,14,31H,3-4,10-12H2,1-2H3,(H,25,26,28). The van der Waals surface area contributed by atoms with Crippen molar-refractivity contribution >= 4 is 17.5 Å². The van der Waals surface area contributed by atoms with Crippen LogP contribution in [0.4, 0.5) is 20.4 Å². The lowest BCUT2D eigenvalue weighted by Crippen LogP contribution is -2.53. The molecule has 0 bridgehead atoms. The molecule has 2 N–H and O–H groups in total. The topological polar surface area (TPSA) is 124 Å². The number of carbonyl (C=O) groups is 1. The lowest BCUT2D eigenvalue weighted by atomic mass is 10.1. The number of hydrogen-bond donors (Lipinski definition) is 2. The number of anilines is 2. The van der Waals surface area contributed by atoms with Crippen molar-refractivity contribution in [3.8, 4) is 17.2 Å². The summed E-state index contributed by atoms with van der Waals surface area (Å²) in [4.78, 5) is 21.8. The second-order valence-corrected chi connectivity index (χ2v) is 7.74. The van der Waals surface area contributed by atoms with Gasteiger partial charge in [0.2, 0.25) is 11.9 Å². The summed E-state index contributed by atoms with van der Waals surface area (Å²) in [7, 11) is 2.53. The monoisotopic (exact) mass is 490 g/mol. The van der Waals surface area contributed by atoms with Gasteiger partial charge in [-0.25, -0.2) is 18.7 Å². The average Bonchev–Trinajstić information content (AvgIpc) is 3.29. The number of β-amino-alcohol motifs (C(OH)–C–C–N with tert-alkyl or cyclic N) is 1. The number of aliphatic hydroxyl groups excluding tert-OH is 1. The predicted octanol–water partition coefficient (Wildman–Crippen LogP) is 1.88. The first-order valence-electron chi connectivity index (χ1n) is 10.7. The molecule has 1 amide bonds. The summed E-state index contributed by atoms with van der Waals surface area (Å²) in [5.74, 6) is -1.68. The zero-order chi connectivity index (χ0) is 24.9. The molecule has 1 saturated heterocycles. The van der Waals surface area contributed by atoms with E-state index in [1.807, 2.05) is 0 Å². The number of aliphatic hydroxyl groups is 1. The number of aromatic nitrogens is 4. The van der Waals surface area contributed by atoms with E-state index in [2.05, 4.69) is 20.4 Å². The molecular formula is C22H24F2N6O5. The Balaban J connectivity index is 1.31. The molecule has 35 heavy (non-hydrogen) atoms. The second-order valence-electron chi connectivity index (χ2n) is 7.74. The summed E-state index contributed by atoms with van der Waals surface area (Å²) >= 11 is 0. The Kier molecular flexibility index (Phi) is 7.25. The number of carbonyl (C=O) groups excluding carboxylic acids is 1. The molecule has 0 saturated carbocycles. The predicted molar refractivity (Wildman–Crippen MR) is 119 cm³/mol. The Morgan fingerprint density at radius 2 is 1.80 bits per heavy atom. The number of amides is 1. The summed E-state index contributed by atoms with van der Waals surface area (Å²) in [6, 6.07) is 1.12. The fourth-order valence-electron chi connectivity index (χ4n) is 3.38. The quantitative estimate of drug-likeness (QED) is 0.438. The van der Waals surface area contributed by atoms with E-state index >= 15 is 0 Å². The fourth-order valence-corrected chi connectivity index (χ4v) is 3.38. The normalized spacial score (nSPS) is 13.3. The summed E-state index contributed by atoms with van der Waals surface area (Å²) in [5.41, 5.74) is 0.262. The fraction of sp³-hybridized carbons (Fsp3) is 0.364. The zero-order valence-electron chi connectivity index (χ0n) is 19.1. The Morgan fingerprint density at radius 1 is 1.14 bits per heavy atom. The third-order valence-electron chi connectivity index (χ3n) is 5.34. The van der Waals surface area contributed by atoms with Gasteiger partial charge < -0.3 is 29.5 Å². The highest BCUT2D eigenvalue weighted by Crippen LogP contribution is 2.32. The van der Waals surface area contributed by atoms with Gasteiger partial charge >= 0.3 is 0 Å². The van der Waals surface area contributed by atoms with Crippen molar-refractivity contribution < 1.29 is 32.9 Å². The first-order chi connectivity index (χ1) is 16.9. The third kappa shape index (κ3) is 5.57. The smallest absolute Gasteiger partial charge is 0.227 e. The molecule has 0 unspecified atom stereocenters. The first-order valence-corrected chi connectivity index (χ1v) is 10.7. The van der Waals surface area contributed by atoms with Crippen LogP contribution in [0.1, 0.15) is 12.0 Å². The molecule has 186 valence electrons. The van der Waals surface area contributed by atoms with Gasteiger partial charge in [-0.1, -0.05) is 0 Å². The van der Waals surface area contributed by atoms with Crippen LogP contribution in [0.2, 0.25) is 0 Å². The number of hydrogen-bond acceptors (Lipinski definition) is 9. The van der Waals surface area contributed by atoms with E-state index < -0.39 is 24.3 Å². The Morgan fingerprint density at radius 3 is 2.40 bits per heavy atom. The van der Waals surface area contributed by atoms with Gasteiger partial charge in [-0.3, -0.25) is 9.48 Å². The minimum Gasteiger partial charge on any atom is -0.494 e. The molecule has 1 fully saturated rings. The second kappa shape index (κ2) is 10.5. The maximum absolute atomic E-state index is 14.5. The van der Waals surface area contributed by atoms with Crippen molar-refractivity contribution in [2.24, 2.45) is 0 Å². The highest BCUT2D eigenvalue weighted by molar-refractivity contribution is 5.77. The molecule has 1 aliphatic heterocycles. The van der Waals surface area contributed by atoms with Gasteiger partial charge in [0.15, 0.2) is 28.9 Å². The van der Waals surface area contributed by atoms with Crippen LogP contribution in [-0.4, -0.2) is 69.1 Å². The third-order valence-corrected chi connectivity index (χ3v) is 5.34. The maximum atomic E-state index is 14.5. The van der Waals surface area contributed by atoms with E-state index in [4.69, 9.17) is 14.2 Å². The molecule has 13 heteroatoms. The van der Waals surface area contributed by atoms with Crippen LogP contribution >= 0.6 is 0 Å². The van der Waals surface area contributed by atoms with E-state index in [1.165, 1.54) is 26.6 Å². The van der Waals surface area contributed by atoms with Gasteiger partial charge in [-0.05, 0) is 0 Å². The largest absolute Gasteiger partial charge is 0.494 e. The van der Waals surface area contributed by atoms with Crippen molar-refractivity contribution in [3.05, 3.63) is 48.1 Å². The van der Waals surface area contributed by atoms with Crippen LogP contribution in [0.5, 0.6) is 17.2 Å². The minimum atomic E-state index is -0.883. The van der Waals surface area contributed by atoms with Crippen LogP contribution in [-0.2, 0) is 17.9 Å². The van der Waals surface area contributed by atoms with Gasteiger partial charge in [-0.15, -0.1) is 0 Å². The number of methoxy groups -OCH3 is 2. The SMILES string of the molecule is COc1cc(OC)c(F)c(COc2cnc(Nc3cnn(CCC(=O)N4CC(O)C4)c3)nc2)c1F. The molecular weight excluding hydrogens is 466 g/mol. The van der Waals surface area contributed by atoms with Crippen LogP contribution in [0.3, 0.4) is 0 Å². The molecule has 11 nitrogen and oxygen atoms in total. The number of aryl methyl sites for hydroxylation is 1. The average molecular weight is 490 g/mol. The van der Waals surface area contributed by atoms with Crippen molar-refractivity contribution in [1.29, 1.82) is 0 Å². The number of halogens is 2. The van der Waals surface area contributed by atoms with E-state index in [0.717, 1.165) is 6.07 Å². The molecule has 0 atom stereocenters. The summed E-state index contributed by atoms with van der Waals surface area (Å²) in [5, 5.41) is 16.4. The number of nitrogens with one attached hydrogen (secondary N) is 1. The van der Waals surface area contributed by atoms with Crippen molar-refractivity contribution in [3.63, 3.8) is 0 Å². The number of ether oxygens (including phenoxy) is 3. The van der Waals surface area contributed by atoms with Crippen LogP contribution < -0.4 is 19.5 Å². The Bertz CT molecular complexity index is 1160. The van der Waals surface area contributed by atoms with Gasteiger partial charge in [-0.2, -0.15) is 5.10 Å². The maximum Gasteiger partial charge on any atom is 0.227 e. The van der Waals surface area contributed by atoms with Crippen molar-refractivity contribution in [2.75, 3.05) is 32.6 Å². The molecule has 3 aromatic rings. The van der Waals surface area contributed by atoms with Crippen LogP contribution in [0, 0.1) is 11.6 Å². The van der Waals surface area contributed by atoms with Crippen LogP contribution in [0.25, 0.3) is 0 Å². The molecule has 0 aliphatic carbocycles. The number of nitrogens with zero attached hydrogens (tertiary/aromatic N) is 5. The molecule has 2 aromatic heterocycles. The summed E-state index contributed by atoms with van der Waals surface area (Å²) < 4.78 is 45.8. The van der Waals surface area contributed by atoms with Crippen molar-refractivity contribution in [1.82, 2.24) is 24.6 Å². The van der Waals surface area contributed by atoms with Gasteiger partial charge in [0.1, 0.15) is 6.61 Å². The molecule has 3 heterocycles. The zero-order valence-corrected chi connectivity index (χ0v) is 19.1. The Labute approximate surface area is 199 Å². The lowest BCUT2D eigenvalue weighted by Gasteiger charge is -2.35. The van der Waals surface area contributed by atoms with E-state index in [9.17, 15) is 18.7 Å². The number of likely N-dealkylation sites (tertiary alicyclic amines) is 1. The van der Waals surface area contributed by atoms with Crippen molar-refractivity contribution in [2.45, 2.75) is 25.7 Å². The lowest BCUT2D eigenvalue weighted by molar-refractivity contribution is -0.141. The molecule has 1 aliphatic rings. The minimum absolute atomic E-state index is 0.0358. The molecule has 1 aromatic carbocycles. The van der Waals surface area contributed by atoms with Crippen LogP contribution in [0.15, 0.2) is 30.9 Å². The first kappa shape index (κ1) is 24.1. The molecule has 4 rings (SSSR count). The van der Waals surface area contributed by atoms with Gasteiger partial charge in [0, 0.05) is 38.3 Å². The van der Waals surface area contributed by atoms with Gasteiger partial charge in [0.25, 0.3) is 0 Å². The van der Waals surface area contributed by atoms with E-state index in [1.54, 1.807) is 22.0 Å². The van der Waals surface area contributed by atoms with E-state index in [-0.39, 0.29) is 41.1 Å².